The minimum atomic E-state index is -0.341. The molecule has 0 aliphatic rings. The Morgan fingerprint density at radius 1 is 1.21 bits per heavy atom. The normalized spacial score (nSPS) is 10.8. The summed E-state index contributed by atoms with van der Waals surface area (Å²) in [6.45, 7) is 1.67. The van der Waals surface area contributed by atoms with Crippen LogP contribution in [-0.4, -0.2) is 20.5 Å². The van der Waals surface area contributed by atoms with E-state index in [4.69, 9.17) is 10.3 Å². The second-order valence-electron chi connectivity index (χ2n) is 3.89. The summed E-state index contributed by atoms with van der Waals surface area (Å²) in [7, 11) is 0. The number of nitrogens with zero attached hydrogens (tertiary/aromatic N) is 4. The maximum Gasteiger partial charge on any atom is 0.284 e. The van der Waals surface area contributed by atoms with E-state index in [1.54, 1.807) is 19.1 Å². The van der Waals surface area contributed by atoms with Crippen LogP contribution in [0.3, 0.4) is 0 Å². The lowest BCUT2D eigenvalue weighted by molar-refractivity contribution is 0.308. The van der Waals surface area contributed by atoms with Gasteiger partial charge >= 0.3 is 0 Å². The van der Waals surface area contributed by atoms with Crippen molar-refractivity contribution in [1.29, 1.82) is 0 Å². The van der Waals surface area contributed by atoms with Gasteiger partial charge in [-0.05, 0) is 28.9 Å². The zero-order valence-electron chi connectivity index (χ0n) is 9.79. The highest BCUT2D eigenvalue weighted by atomic mass is 19.1. The van der Waals surface area contributed by atoms with Gasteiger partial charge < -0.3 is 10.3 Å². The number of rotatable bonds is 2. The second-order valence-corrected chi connectivity index (χ2v) is 3.89. The number of nitrogen functional groups attached to an aromatic ring is 1. The van der Waals surface area contributed by atoms with Crippen LogP contribution in [0.25, 0.3) is 23.0 Å². The number of aryl methyl sites for hydroxylation is 1. The average molecular weight is 261 g/mol. The van der Waals surface area contributed by atoms with Gasteiger partial charge in [-0.25, -0.2) is 9.02 Å². The van der Waals surface area contributed by atoms with Crippen molar-refractivity contribution in [3.63, 3.8) is 0 Å². The largest absolute Gasteiger partial charge is 0.379 e. The summed E-state index contributed by atoms with van der Waals surface area (Å²) in [4.78, 5) is 4.07. The molecule has 7 nitrogen and oxygen atoms in total. The molecule has 1 aromatic carbocycles. The Bertz CT molecular complexity index is 736. The summed E-state index contributed by atoms with van der Waals surface area (Å²) in [5, 5.41) is 10.7. The fourth-order valence-corrected chi connectivity index (χ4v) is 1.51. The highest BCUT2D eigenvalue weighted by molar-refractivity contribution is 5.63. The van der Waals surface area contributed by atoms with Crippen molar-refractivity contribution in [1.82, 2.24) is 20.5 Å². The van der Waals surface area contributed by atoms with E-state index >= 15 is 0 Å². The van der Waals surface area contributed by atoms with E-state index in [9.17, 15) is 4.39 Å². The fourth-order valence-electron chi connectivity index (χ4n) is 1.51. The zero-order valence-corrected chi connectivity index (χ0v) is 9.79. The third kappa shape index (κ3) is 1.92. The van der Waals surface area contributed by atoms with Crippen LogP contribution >= 0.6 is 0 Å². The van der Waals surface area contributed by atoms with Crippen molar-refractivity contribution in [2.75, 3.05) is 5.73 Å². The van der Waals surface area contributed by atoms with Gasteiger partial charge in [0.1, 0.15) is 5.82 Å². The molecule has 0 aliphatic carbocycles. The molecule has 0 unspecified atom stereocenters. The van der Waals surface area contributed by atoms with Gasteiger partial charge in [0.05, 0.1) is 0 Å². The van der Waals surface area contributed by atoms with E-state index in [-0.39, 0.29) is 29.0 Å². The van der Waals surface area contributed by atoms with E-state index in [1.807, 2.05) is 0 Å². The van der Waals surface area contributed by atoms with Gasteiger partial charge in [-0.2, -0.15) is 4.98 Å². The molecule has 0 bridgehead atoms. The molecule has 0 fully saturated rings. The van der Waals surface area contributed by atoms with Crippen LogP contribution in [-0.2, 0) is 0 Å². The molecule has 2 heterocycles. The van der Waals surface area contributed by atoms with Crippen molar-refractivity contribution in [3.8, 4) is 23.0 Å². The Morgan fingerprint density at radius 3 is 2.74 bits per heavy atom. The van der Waals surface area contributed by atoms with Gasteiger partial charge in [0.2, 0.25) is 17.3 Å². The summed E-state index contributed by atoms with van der Waals surface area (Å²) in [6.07, 6.45) is 0. The molecule has 3 rings (SSSR count). The summed E-state index contributed by atoms with van der Waals surface area (Å²) in [5.41, 5.74) is 6.70. The maximum atomic E-state index is 13.5. The zero-order chi connectivity index (χ0) is 13.4. The number of hydrogen-bond donors (Lipinski definition) is 1. The van der Waals surface area contributed by atoms with Crippen molar-refractivity contribution in [2.24, 2.45) is 0 Å². The maximum absolute atomic E-state index is 13.5. The Morgan fingerprint density at radius 2 is 2.05 bits per heavy atom. The molecule has 0 spiro atoms. The van der Waals surface area contributed by atoms with Gasteiger partial charge in [-0.3, -0.25) is 0 Å². The first kappa shape index (κ1) is 11.3. The van der Waals surface area contributed by atoms with E-state index in [0.717, 1.165) is 0 Å². The van der Waals surface area contributed by atoms with E-state index in [2.05, 4.69) is 25.1 Å². The predicted molar refractivity (Wildman–Crippen MR) is 62.1 cm³/mol. The van der Waals surface area contributed by atoms with Crippen molar-refractivity contribution in [3.05, 3.63) is 29.6 Å². The predicted octanol–water partition coefficient (Wildman–Crippen LogP) is 1.82. The van der Waals surface area contributed by atoms with Crippen LogP contribution in [0.15, 0.2) is 27.4 Å². The van der Waals surface area contributed by atoms with E-state index in [1.165, 1.54) is 6.07 Å². The molecule has 3 aromatic rings. The molecule has 2 aromatic heterocycles. The Labute approximate surface area is 106 Å². The van der Waals surface area contributed by atoms with Crippen LogP contribution < -0.4 is 5.73 Å². The van der Waals surface area contributed by atoms with Gasteiger partial charge in [-0.1, -0.05) is 17.3 Å². The molecular weight excluding hydrogens is 253 g/mol. The third-order valence-corrected chi connectivity index (χ3v) is 2.57. The number of anilines is 1. The smallest absolute Gasteiger partial charge is 0.284 e. The van der Waals surface area contributed by atoms with Crippen LogP contribution in [0.2, 0.25) is 0 Å². The van der Waals surface area contributed by atoms with Crippen LogP contribution in [0, 0.1) is 12.7 Å². The van der Waals surface area contributed by atoms with E-state index in [0.29, 0.717) is 11.1 Å². The van der Waals surface area contributed by atoms with Gasteiger partial charge in [-0.15, -0.1) is 0 Å². The molecule has 8 heteroatoms. The Kier molecular flexibility index (Phi) is 2.48. The fraction of sp³-hybridized carbons (Fsp3) is 0.0909. The second kappa shape index (κ2) is 4.16. The first-order chi connectivity index (χ1) is 9.15. The summed E-state index contributed by atoms with van der Waals surface area (Å²) in [6, 6.07) is 4.65. The first-order valence-electron chi connectivity index (χ1n) is 5.34. The minimum Gasteiger partial charge on any atom is -0.379 e. The molecule has 0 aliphatic heterocycles. The number of nitrogens with two attached hydrogens (primary N) is 1. The molecule has 2 N–H and O–H groups in total. The SMILES string of the molecule is Cc1ccc(-c2noc(-c3nonc3N)n2)cc1F. The van der Waals surface area contributed by atoms with Crippen molar-refractivity contribution < 1.29 is 13.5 Å². The molecule has 0 atom stereocenters. The van der Waals surface area contributed by atoms with Gasteiger partial charge in [0.25, 0.3) is 5.89 Å². The molecule has 0 saturated heterocycles. The van der Waals surface area contributed by atoms with Gasteiger partial charge in [0, 0.05) is 5.56 Å². The monoisotopic (exact) mass is 261 g/mol. The van der Waals surface area contributed by atoms with Crippen molar-refractivity contribution in [2.45, 2.75) is 6.92 Å². The molecule has 19 heavy (non-hydrogen) atoms. The minimum absolute atomic E-state index is 0.0466. The van der Waals surface area contributed by atoms with Crippen molar-refractivity contribution >= 4 is 5.82 Å². The highest BCUT2D eigenvalue weighted by Crippen LogP contribution is 2.24. The number of aromatic nitrogens is 4. The molecular formula is C11H8FN5O2. The molecule has 0 saturated carbocycles. The van der Waals surface area contributed by atoms with Crippen LogP contribution in [0.1, 0.15) is 5.56 Å². The number of benzene rings is 1. The number of hydrogen-bond acceptors (Lipinski definition) is 7. The van der Waals surface area contributed by atoms with Crippen LogP contribution in [0.5, 0.6) is 0 Å². The topological polar surface area (TPSA) is 104 Å². The first-order valence-corrected chi connectivity index (χ1v) is 5.34. The molecule has 0 radical (unpaired) electrons. The Hall–Kier alpha value is -2.77. The standard InChI is InChI=1S/C11H8FN5O2/c1-5-2-3-6(4-7(5)12)10-14-11(18-17-10)8-9(13)16-19-15-8/h2-4H,1H3,(H2,13,16). The lowest BCUT2D eigenvalue weighted by Crippen LogP contribution is -1.89. The summed E-state index contributed by atoms with van der Waals surface area (Å²) >= 11 is 0. The third-order valence-electron chi connectivity index (χ3n) is 2.57. The lowest BCUT2D eigenvalue weighted by atomic mass is 10.1. The lowest BCUT2D eigenvalue weighted by Gasteiger charge is -1.97. The average Bonchev–Trinajstić information content (AvgIpc) is 3.01. The number of halogens is 1. The molecule has 0 amide bonds. The van der Waals surface area contributed by atoms with Gasteiger partial charge in [0.15, 0.2) is 0 Å². The highest BCUT2D eigenvalue weighted by Gasteiger charge is 2.18. The summed E-state index contributed by atoms with van der Waals surface area (Å²) in [5.74, 6) is 0.00258. The molecule has 96 valence electrons. The van der Waals surface area contributed by atoms with Crippen LogP contribution in [0.4, 0.5) is 10.2 Å². The quantitative estimate of drug-likeness (QED) is 0.750. The van der Waals surface area contributed by atoms with E-state index < -0.39 is 0 Å². The Balaban J connectivity index is 2.01. The summed E-state index contributed by atoms with van der Waals surface area (Å²) < 4.78 is 22.9.